The number of rotatable bonds is 3. The number of hydrogen-bond acceptors (Lipinski definition) is 6. The normalized spacial score (nSPS) is 24.9. The van der Waals surface area contributed by atoms with Crippen LogP contribution < -0.4 is 26.0 Å². The van der Waals surface area contributed by atoms with Crippen molar-refractivity contribution in [2.45, 2.75) is 30.5 Å². The highest BCUT2D eigenvalue weighted by Crippen LogP contribution is 2.39. The Labute approximate surface area is 215 Å². The van der Waals surface area contributed by atoms with Crippen LogP contribution >= 0.6 is 0 Å². The number of ether oxygens (including phenoxy) is 1. The highest BCUT2D eigenvalue weighted by molar-refractivity contribution is 6.10. The van der Waals surface area contributed by atoms with Gasteiger partial charge in [0, 0.05) is 12.1 Å². The Balaban J connectivity index is 1.34. The minimum absolute atomic E-state index is 0.0117. The van der Waals surface area contributed by atoms with Crippen LogP contribution in [0.25, 0.3) is 0 Å². The number of carbonyl (C=O) groups excluding carboxylic acids is 5. The number of nitrogens with zero attached hydrogens (tertiary/aromatic N) is 1. The molecule has 3 heterocycles. The molecule has 2 aromatic rings. The summed E-state index contributed by atoms with van der Waals surface area (Å²) in [5, 5.41) is 9.63. The van der Waals surface area contributed by atoms with Crippen LogP contribution in [0.2, 0.25) is 0 Å². The molecule has 0 radical (unpaired) electrons. The molecule has 7 amide bonds. The van der Waals surface area contributed by atoms with E-state index in [-0.39, 0.29) is 24.4 Å². The fourth-order valence-electron chi connectivity index (χ4n) is 5.46. The molecule has 6 rings (SSSR count). The molecule has 0 saturated carbocycles. The van der Waals surface area contributed by atoms with Gasteiger partial charge in [-0.15, -0.1) is 0 Å². The van der Waals surface area contributed by atoms with Gasteiger partial charge in [-0.2, -0.15) is 0 Å². The summed E-state index contributed by atoms with van der Waals surface area (Å²) in [5.74, 6) is 2.94. The number of fused-ring (bicyclic) bond motifs is 3. The van der Waals surface area contributed by atoms with Crippen molar-refractivity contribution in [1.82, 2.24) is 26.2 Å². The lowest BCUT2D eigenvalue weighted by Crippen LogP contribution is -2.54. The molecular weight excluding hydrogens is 497 g/mol. The molecule has 192 valence electrons. The summed E-state index contributed by atoms with van der Waals surface area (Å²) in [6.45, 7) is -0.321. The summed E-state index contributed by atoms with van der Waals surface area (Å²) in [7, 11) is 1.29. The third kappa shape index (κ3) is 3.32. The molecular formula is C26H20FN5O6. The fraction of sp³-hybridized carbons (Fsp3) is 0.269. The van der Waals surface area contributed by atoms with Crippen LogP contribution in [0, 0.1) is 17.7 Å². The van der Waals surface area contributed by atoms with Crippen molar-refractivity contribution < 1.29 is 33.1 Å². The van der Waals surface area contributed by atoms with Gasteiger partial charge in [0.15, 0.2) is 11.6 Å². The Kier molecular flexibility index (Phi) is 4.97. The van der Waals surface area contributed by atoms with Crippen LogP contribution in [0.4, 0.5) is 14.0 Å². The summed E-state index contributed by atoms with van der Waals surface area (Å²) in [6, 6.07) is 6.80. The Morgan fingerprint density at radius 3 is 2.42 bits per heavy atom. The maximum atomic E-state index is 14.8. The Morgan fingerprint density at radius 2 is 1.74 bits per heavy atom. The lowest BCUT2D eigenvalue weighted by Gasteiger charge is -2.26. The quantitative estimate of drug-likeness (QED) is 0.343. The molecule has 11 nitrogen and oxygen atoms in total. The maximum absolute atomic E-state index is 14.8. The predicted octanol–water partition coefficient (Wildman–Crippen LogP) is 0.401. The Morgan fingerprint density at radius 1 is 1.00 bits per heavy atom. The second-order valence-electron chi connectivity index (χ2n) is 9.53. The van der Waals surface area contributed by atoms with Crippen molar-refractivity contribution in [3.05, 3.63) is 64.0 Å². The first-order chi connectivity index (χ1) is 18.2. The molecule has 4 aliphatic rings. The number of halogens is 1. The van der Waals surface area contributed by atoms with E-state index in [0.29, 0.717) is 29.5 Å². The summed E-state index contributed by atoms with van der Waals surface area (Å²) in [4.78, 5) is 63.7. The number of nitrogens with one attached hydrogen (secondary N) is 4. The zero-order chi connectivity index (χ0) is 26.8. The van der Waals surface area contributed by atoms with Gasteiger partial charge in [-0.05, 0) is 47.7 Å². The maximum Gasteiger partial charge on any atom is 0.323 e. The largest absolute Gasteiger partial charge is 0.494 e. The van der Waals surface area contributed by atoms with E-state index < -0.39 is 46.7 Å². The third-order valence-corrected chi connectivity index (χ3v) is 7.35. The number of aryl methyl sites for hydroxylation is 1. The van der Waals surface area contributed by atoms with E-state index in [1.165, 1.54) is 18.1 Å². The third-order valence-electron chi connectivity index (χ3n) is 7.35. The predicted molar refractivity (Wildman–Crippen MR) is 127 cm³/mol. The standard InChI is InChI=1S/C26H20FN5O6/c1-38-17-5-4-15-11-32(20(33)18(15)19(17)27)12-25(21(34)28-23(36)30-25)8-6-13-2-3-14-7-9-26(16(14)10-13)22(35)29-24(37)31-26/h2-5,10H,7,9,11-12H2,1H3,(H2,28,30,34,36)(H2,29,31,35,37)/t25-,26?/m1/s1. The van der Waals surface area contributed by atoms with E-state index in [1.807, 2.05) is 0 Å². The number of urea groups is 2. The van der Waals surface area contributed by atoms with Crippen LogP contribution in [-0.4, -0.2) is 53.9 Å². The number of hydrogen-bond donors (Lipinski definition) is 4. The van der Waals surface area contributed by atoms with E-state index in [4.69, 9.17) is 4.74 Å². The van der Waals surface area contributed by atoms with Crippen molar-refractivity contribution in [3.63, 3.8) is 0 Å². The molecule has 1 unspecified atom stereocenters. The van der Waals surface area contributed by atoms with Gasteiger partial charge in [-0.1, -0.05) is 24.0 Å². The van der Waals surface area contributed by atoms with Crippen LogP contribution in [0.5, 0.6) is 5.75 Å². The van der Waals surface area contributed by atoms with Gasteiger partial charge in [0.05, 0.1) is 19.2 Å². The van der Waals surface area contributed by atoms with E-state index in [2.05, 4.69) is 33.1 Å². The minimum atomic E-state index is -1.80. The summed E-state index contributed by atoms with van der Waals surface area (Å²) >= 11 is 0. The van der Waals surface area contributed by atoms with Crippen LogP contribution in [-0.2, 0) is 28.1 Å². The monoisotopic (exact) mass is 517 g/mol. The zero-order valence-corrected chi connectivity index (χ0v) is 20.0. The molecule has 12 heteroatoms. The lowest BCUT2D eigenvalue weighted by molar-refractivity contribution is -0.124. The average molecular weight is 517 g/mol. The molecule has 0 bridgehead atoms. The number of benzene rings is 2. The highest BCUT2D eigenvalue weighted by Gasteiger charge is 2.52. The first kappa shape index (κ1) is 23.5. The van der Waals surface area contributed by atoms with Crippen LogP contribution in [0.1, 0.15) is 39.0 Å². The van der Waals surface area contributed by atoms with Gasteiger partial charge >= 0.3 is 12.1 Å². The van der Waals surface area contributed by atoms with Crippen molar-refractivity contribution in [2.75, 3.05) is 13.7 Å². The molecule has 38 heavy (non-hydrogen) atoms. The highest BCUT2D eigenvalue weighted by atomic mass is 19.1. The second-order valence-corrected chi connectivity index (χ2v) is 9.53. The number of amides is 7. The van der Waals surface area contributed by atoms with Gasteiger partial charge in [0.25, 0.3) is 17.7 Å². The molecule has 2 saturated heterocycles. The first-order valence-corrected chi connectivity index (χ1v) is 11.7. The van der Waals surface area contributed by atoms with Gasteiger partial charge in [-0.25, -0.2) is 14.0 Å². The zero-order valence-electron chi connectivity index (χ0n) is 20.0. The van der Waals surface area contributed by atoms with E-state index >= 15 is 0 Å². The molecule has 3 aliphatic heterocycles. The summed E-state index contributed by atoms with van der Waals surface area (Å²) in [6.07, 6.45) is 0.982. The summed E-state index contributed by atoms with van der Waals surface area (Å²) < 4.78 is 19.8. The van der Waals surface area contributed by atoms with Crippen molar-refractivity contribution >= 4 is 29.8 Å². The topological polar surface area (TPSA) is 146 Å². The van der Waals surface area contributed by atoms with E-state index in [1.54, 1.807) is 24.3 Å². The number of carbonyl (C=O) groups is 5. The van der Waals surface area contributed by atoms with Gasteiger partial charge in [-0.3, -0.25) is 25.0 Å². The van der Waals surface area contributed by atoms with Crippen LogP contribution in [0.3, 0.4) is 0 Å². The van der Waals surface area contributed by atoms with E-state index in [9.17, 15) is 28.4 Å². The summed E-state index contributed by atoms with van der Waals surface area (Å²) in [5.41, 5.74) is -0.799. The smallest absolute Gasteiger partial charge is 0.323 e. The molecule has 0 aromatic heterocycles. The Hall–Kier alpha value is -4.92. The van der Waals surface area contributed by atoms with Crippen molar-refractivity contribution in [1.29, 1.82) is 0 Å². The molecule has 1 spiro atoms. The van der Waals surface area contributed by atoms with Gasteiger partial charge in [0.1, 0.15) is 5.54 Å². The number of methoxy groups -OCH3 is 1. The fourth-order valence-corrected chi connectivity index (χ4v) is 5.46. The molecule has 1 aliphatic carbocycles. The van der Waals surface area contributed by atoms with E-state index in [0.717, 1.165) is 5.56 Å². The SMILES string of the molecule is COc1ccc2c(c1F)C(=O)N(C[C@@]1(C#Cc3ccc4c(c3)C3(CC4)NC(=O)NC3=O)NC(=O)NC1=O)C2. The number of imide groups is 2. The first-order valence-electron chi connectivity index (χ1n) is 11.7. The molecule has 2 atom stereocenters. The molecule has 2 aromatic carbocycles. The second kappa shape index (κ2) is 8.04. The molecule has 2 fully saturated rings. The van der Waals surface area contributed by atoms with Crippen molar-refractivity contribution in [2.24, 2.45) is 0 Å². The molecule has 4 N–H and O–H groups in total. The Bertz CT molecular complexity index is 1560. The van der Waals surface area contributed by atoms with Gasteiger partial charge < -0.3 is 20.3 Å². The van der Waals surface area contributed by atoms with Crippen molar-refractivity contribution in [3.8, 4) is 17.6 Å². The minimum Gasteiger partial charge on any atom is -0.494 e. The lowest BCUT2D eigenvalue weighted by atomic mass is 9.90. The van der Waals surface area contributed by atoms with Gasteiger partial charge in [0.2, 0.25) is 5.54 Å². The van der Waals surface area contributed by atoms with Crippen LogP contribution in [0.15, 0.2) is 30.3 Å². The average Bonchev–Trinajstić information content (AvgIpc) is 3.57.